The van der Waals surface area contributed by atoms with Crippen LogP contribution in [0.5, 0.6) is 5.75 Å². The highest BCUT2D eigenvalue weighted by Gasteiger charge is 2.07. The minimum Gasteiger partial charge on any atom is -0.489 e. The van der Waals surface area contributed by atoms with Crippen molar-refractivity contribution < 1.29 is 29.3 Å². The Morgan fingerprint density at radius 3 is 2.13 bits per heavy atom. The molecule has 3 aromatic carbocycles. The molecule has 0 aliphatic rings. The van der Waals surface area contributed by atoms with Crippen molar-refractivity contribution in [1.82, 2.24) is 0 Å². The Kier molecular flexibility index (Phi) is 7.79. The van der Waals surface area contributed by atoms with E-state index >= 15 is 0 Å². The van der Waals surface area contributed by atoms with E-state index in [-0.39, 0.29) is 26.1 Å². The highest BCUT2D eigenvalue weighted by molar-refractivity contribution is 5.76. The van der Waals surface area contributed by atoms with Crippen molar-refractivity contribution in [2.75, 3.05) is 0 Å². The molecule has 0 unspecified atom stereocenters. The number of carboxylic acid groups (broad SMARTS) is 1. The molecule has 0 aliphatic carbocycles. The molecular weight excluding hydrogens is 396 g/mol. The summed E-state index contributed by atoms with van der Waals surface area (Å²) in [5.74, 6) is -0.843. The van der Waals surface area contributed by atoms with Crippen molar-refractivity contribution in [2.45, 2.75) is 32.7 Å². The molecule has 0 saturated heterocycles. The monoisotopic (exact) mass is 420 g/mol. The first-order valence-electron chi connectivity index (χ1n) is 9.92. The maximum Gasteiger partial charge on any atom is 0.306 e. The van der Waals surface area contributed by atoms with Crippen LogP contribution >= 0.6 is 0 Å². The third-order valence-corrected chi connectivity index (χ3v) is 4.62. The molecule has 2 N–H and O–H groups in total. The third-order valence-electron chi connectivity index (χ3n) is 4.62. The lowest BCUT2D eigenvalue weighted by molar-refractivity contribution is -0.148. The quantitative estimate of drug-likeness (QED) is 0.474. The Labute approximate surface area is 180 Å². The number of hydrogen-bond acceptors (Lipinski definition) is 5. The van der Waals surface area contributed by atoms with Gasteiger partial charge in [0.1, 0.15) is 19.0 Å². The van der Waals surface area contributed by atoms with Gasteiger partial charge in [0.15, 0.2) is 0 Å². The summed E-state index contributed by atoms with van der Waals surface area (Å²) in [6.45, 7) is 0.430. The molecule has 0 spiro atoms. The third kappa shape index (κ3) is 6.97. The second-order valence-electron chi connectivity index (χ2n) is 7.05. The van der Waals surface area contributed by atoms with Gasteiger partial charge in [-0.2, -0.15) is 0 Å². The number of carbonyl (C=O) groups is 2. The molecule has 0 bridgehead atoms. The zero-order chi connectivity index (χ0) is 22.1. The predicted molar refractivity (Wildman–Crippen MR) is 115 cm³/mol. The molecule has 0 heterocycles. The van der Waals surface area contributed by atoms with Crippen LogP contribution in [0.4, 0.5) is 0 Å². The highest BCUT2D eigenvalue weighted by Crippen LogP contribution is 2.25. The van der Waals surface area contributed by atoms with Gasteiger partial charge in [-0.05, 0) is 52.1 Å². The summed E-state index contributed by atoms with van der Waals surface area (Å²) in [5, 5.41) is 17.9. The van der Waals surface area contributed by atoms with E-state index in [1.54, 1.807) is 0 Å². The SMILES string of the molecule is O=C(O)CCC(=O)OCc1cccc(COc2cccc(-c3cccc(CO)c3)c2)c1. The number of rotatable bonds is 10. The van der Waals surface area contributed by atoms with Crippen LogP contribution in [0.15, 0.2) is 72.8 Å². The average molecular weight is 420 g/mol. The van der Waals surface area contributed by atoms with E-state index in [9.17, 15) is 14.7 Å². The largest absolute Gasteiger partial charge is 0.489 e. The lowest BCUT2D eigenvalue weighted by atomic mass is 10.0. The van der Waals surface area contributed by atoms with Gasteiger partial charge in [-0.25, -0.2) is 0 Å². The van der Waals surface area contributed by atoms with Gasteiger partial charge >= 0.3 is 11.9 Å². The Morgan fingerprint density at radius 2 is 1.39 bits per heavy atom. The van der Waals surface area contributed by atoms with Gasteiger partial charge in [-0.1, -0.05) is 48.5 Å². The first-order valence-corrected chi connectivity index (χ1v) is 9.92. The smallest absolute Gasteiger partial charge is 0.306 e. The number of carboxylic acids is 1. The first-order chi connectivity index (χ1) is 15.0. The molecule has 0 atom stereocenters. The summed E-state index contributed by atoms with van der Waals surface area (Å²) in [6.07, 6.45) is -0.383. The number of aliphatic carboxylic acids is 1. The number of carbonyl (C=O) groups excluding carboxylic acids is 1. The molecular formula is C25H24O6. The van der Waals surface area contributed by atoms with E-state index < -0.39 is 11.9 Å². The highest BCUT2D eigenvalue weighted by atomic mass is 16.5. The summed E-state index contributed by atoms with van der Waals surface area (Å²) < 4.78 is 11.1. The molecule has 3 rings (SSSR count). The van der Waals surface area contributed by atoms with Gasteiger partial charge in [0, 0.05) is 0 Å². The predicted octanol–water partition coefficient (Wildman–Crippen LogP) is 4.33. The second-order valence-corrected chi connectivity index (χ2v) is 7.05. The van der Waals surface area contributed by atoms with Crippen molar-refractivity contribution in [2.24, 2.45) is 0 Å². The number of benzene rings is 3. The van der Waals surface area contributed by atoms with Gasteiger partial charge in [0.2, 0.25) is 0 Å². The zero-order valence-corrected chi connectivity index (χ0v) is 17.0. The topological polar surface area (TPSA) is 93.1 Å². The lowest BCUT2D eigenvalue weighted by Crippen LogP contribution is -2.07. The molecule has 0 aromatic heterocycles. The number of hydrogen-bond donors (Lipinski definition) is 2. The number of aliphatic hydroxyl groups excluding tert-OH is 1. The van der Waals surface area contributed by atoms with Crippen molar-refractivity contribution in [3.05, 3.63) is 89.5 Å². The fourth-order valence-corrected chi connectivity index (χ4v) is 3.04. The Bertz CT molecular complexity index is 1040. The normalized spacial score (nSPS) is 10.5. The van der Waals surface area contributed by atoms with Crippen LogP contribution in [-0.2, 0) is 34.1 Å². The van der Waals surface area contributed by atoms with Crippen LogP contribution in [0.25, 0.3) is 11.1 Å². The molecule has 31 heavy (non-hydrogen) atoms. The fraction of sp³-hybridized carbons (Fsp3) is 0.200. The molecule has 0 aliphatic heterocycles. The van der Waals surface area contributed by atoms with Crippen molar-refractivity contribution in [3.63, 3.8) is 0 Å². The molecule has 160 valence electrons. The second kappa shape index (κ2) is 10.9. The van der Waals surface area contributed by atoms with E-state index in [0.29, 0.717) is 6.61 Å². The van der Waals surface area contributed by atoms with Crippen LogP contribution in [0, 0.1) is 0 Å². The summed E-state index contributed by atoms with van der Waals surface area (Å²) >= 11 is 0. The van der Waals surface area contributed by atoms with Crippen LogP contribution in [-0.4, -0.2) is 22.2 Å². The molecule has 6 nitrogen and oxygen atoms in total. The Hall–Kier alpha value is -3.64. The van der Waals surface area contributed by atoms with Gasteiger partial charge < -0.3 is 19.7 Å². The molecule has 0 fully saturated rings. The number of esters is 1. The van der Waals surface area contributed by atoms with Crippen LogP contribution in [0.1, 0.15) is 29.5 Å². The summed E-state index contributed by atoms with van der Waals surface area (Å²) in [7, 11) is 0. The van der Waals surface area contributed by atoms with Gasteiger partial charge in [0.25, 0.3) is 0 Å². The lowest BCUT2D eigenvalue weighted by Gasteiger charge is -2.10. The molecule has 0 amide bonds. The number of ether oxygens (including phenoxy) is 2. The van der Waals surface area contributed by atoms with Gasteiger partial charge in [-0.15, -0.1) is 0 Å². The molecule has 3 aromatic rings. The van der Waals surface area contributed by atoms with Gasteiger partial charge in [0.05, 0.1) is 19.4 Å². The van der Waals surface area contributed by atoms with Crippen LogP contribution in [0.2, 0.25) is 0 Å². The summed E-state index contributed by atoms with van der Waals surface area (Å²) in [5.41, 5.74) is 4.58. The van der Waals surface area contributed by atoms with Gasteiger partial charge in [-0.3, -0.25) is 9.59 Å². The summed E-state index contributed by atoms with van der Waals surface area (Å²) in [6, 6.07) is 23.0. The van der Waals surface area contributed by atoms with E-state index in [2.05, 4.69) is 0 Å². The maximum absolute atomic E-state index is 11.6. The Morgan fingerprint density at radius 1 is 0.742 bits per heavy atom. The van der Waals surface area contributed by atoms with E-state index in [1.165, 1.54) is 0 Å². The summed E-state index contributed by atoms with van der Waals surface area (Å²) in [4.78, 5) is 22.1. The average Bonchev–Trinajstić information content (AvgIpc) is 2.80. The van der Waals surface area contributed by atoms with E-state index in [4.69, 9.17) is 14.6 Å². The molecule has 6 heteroatoms. The standard InChI is InChI=1S/C25H24O6/c26-15-18-4-2-7-21(13-18)22-8-3-9-23(14-22)30-16-19-5-1-6-20(12-19)17-31-25(29)11-10-24(27)28/h1-9,12-14,26H,10-11,15-17H2,(H,27,28). The van der Waals surface area contributed by atoms with E-state index in [1.807, 2.05) is 72.8 Å². The fourth-order valence-electron chi connectivity index (χ4n) is 3.04. The van der Waals surface area contributed by atoms with Crippen molar-refractivity contribution in [1.29, 1.82) is 0 Å². The van der Waals surface area contributed by atoms with Crippen molar-refractivity contribution >= 4 is 11.9 Å². The van der Waals surface area contributed by atoms with E-state index in [0.717, 1.165) is 33.6 Å². The van der Waals surface area contributed by atoms with Crippen LogP contribution in [0.3, 0.4) is 0 Å². The maximum atomic E-state index is 11.6. The minimum atomic E-state index is -1.03. The first kappa shape index (κ1) is 22.1. The minimum absolute atomic E-state index is 0.00472. The molecule has 0 saturated carbocycles. The Balaban J connectivity index is 1.58. The number of aliphatic hydroxyl groups is 1. The van der Waals surface area contributed by atoms with Crippen molar-refractivity contribution in [3.8, 4) is 16.9 Å². The van der Waals surface area contributed by atoms with Crippen LogP contribution < -0.4 is 4.74 Å². The zero-order valence-electron chi connectivity index (χ0n) is 17.0. The molecule has 0 radical (unpaired) electrons.